The van der Waals surface area contributed by atoms with Gasteiger partial charge in [0.2, 0.25) is 5.91 Å². The van der Waals surface area contributed by atoms with E-state index >= 15 is 0 Å². The Kier molecular flexibility index (Phi) is 6.88. The highest BCUT2D eigenvalue weighted by Crippen LogP contribution is 2.33. The maximum atomic E-state index is 12.1. The second-order valence-corrected chi connectivity index (χ2v) is 8.97. The van der Waals surface area contributed by atoms with E-state index in [2.05, 4.69) is 11.4 Å². The number of likely N-dealkylation sites (tertiary alicyclic amines) is 1. The molecular weight excluding hydrogens is 420 g/mol. The van der Waals surface area contributed by atoms with Gasteiger partial charge in [0.05, 0.1) is 7.11 Å². The third kappa shape index (κ3) is 5.14. The van der Waals surface area contributed by atoms with Crippen molar-refractivity contribution in [1.82, 2.24) is 4.90 Å². The Morgan fingerprint density at radius 3 is 2.67 bits per heavy atom. The van der Waals surface area contributed by atoms with Gasteiger partial charge in [0.15, 0.2) is 0 Å². The molecule has 2 saturated heterocycles. The summed E-state index contributed by atoms with van der Waals surface area (Å²) in [5.74, 6) is 0.137. The second kappa shape index (κ2) is 9.83. The Balaban J connectivity index is 1.68. The molecular formula is C26H32N2O5. The summed E-state index contributed by atoms with van der Waals surface area (Å²) in [5, 5.41) is 13.2. The third-order valence-corrected chi connectivity index (χ3v) is 6.66. The number of anilines is 1. The normalized spacial score (nSPS) is 17.8. The van der Waals surface area contributed by atoms with Crippen molar-refractivity contribution >= 4 is 17.6 Å². The lowest BCUT2D eigenvalue weighted by atomic mass is 9.89. The van der Waals surface area contributed by atoms with E-state index < -0.39 is 11.5 Å². The molecule has 2 fully saturated rings. The first-order valence-corrected chi connectivity index (χ1v) is 11.6. The number of amides is 1. The summed E-state index contributed by atoms with van der Waals surface area (Å²) in [4.78, 5) is 26.2. The Labute approximate surface area is 194 Å². The fourth-order valence-corrected chi connectivity index (χ4v) is 4.77. The van der Waals surface area contributed by atoms with Crippen molar-refractivity contribution in [3.8, 4) is 16.9 Å². The standard InChI is InChI=1S/C26H32N2O5/c1-18-14-20(17-22(15-18)32-2)23-6-5-21(27-26(25(30)31)8-12-33-13-9-26)16-19(23)7-11-28-10-3-4-24(28)29/h5-6,14-17,27H,3-4,7-13H2,1-2H3,(H,30,31). The lowest BCUT2D eigenvalue weighted by molar-refractivity contribution is -0.145. The number of hydrogen-bond acceptors (Lipinski definition) is 5. The van der Waals surface area contributed by atoms with Crippen LogP contribution in [0.1, 0.15) is 36.8 Å². The molecule has 2 aromatic rings. The molecule has 0 saturated carbocycles. The van der Waals surface area contributed by atoms with E-state index in [0.717, 1.165) is 46.7 Å². The van der Waals surface area contributed by atoms with E-state index in [1.165, 1.54) is 0 Å². The number of carbonyl (C=O) groups excluding carboxylic acids is 1. The first kappa shape index (κ1) is 23.1. The first-order valence-electron chi connectivity index (χ1n) is 11.6. The number of hydrogen-bond donors (Lipinski definition) is 2. The highest BCUT2D eigenvalue weighted by atomic mass is 16.5. The van der Waals surface area contributed by atoms with Gasteiger partial charge in [0, 0.05) is 51.3 Å². The van der Waals surface area contributed by atoms with Crippen molar-refractivity contribution in [2.75, 3.05) is 38.7 Å². The predicted molar refractivity (Wildman–Crippen MR) is 127 cm³/mol. The second-order valence-electron chi connectivity index (χ2n) is 8.97. The summed E-state index contributed by atoms with van der Waals surface area (Å²) in [5.41, 5.74) is 4.00. The number of rotatable bonds is 8. The number of methoxy groups -OCH3 is 1. The van der Waals surface area contributed by atoms with Crippen molar-refractivity contribution in [2.24, 2.45) is 0 Å². The van der Waals surface area contributed by atoms with Crippen LogP contribution in [-0.2, 0) is 20.7 Å². The molecule has 2 aliphatic rings. The van der Waals surface area contributed by atoms with Crippen molar-refractivity contribution in [2.45, 2.75) is 44.6 Å². The Morgan fingerprint density at radius 2 is 2.00 bits per heavy atom. The van der Waals surface area contributed by atoms with Crippen LogP contribution in [0.2, 0.25) is 0 Å². The van der Waals surface area contributed by atoms with Crippen LogP contribution < -0.4 is 10.1 Å². The molecule has 0 unspecified atom stereocenters. The average molecular weight is 453 g/mol. The summed E-state index contributed by atoms with van der Waals surface area (Å²) in [6.45, 7) is 4.32. The minimum absolute atomic E-state index is 0.204. The van der Waals surface area contributed by atoms with E-state index in [-0.39, 0.29) is 5.91 Å². The summed E-state index contributed by atoms with van der Waals surface area (Å²) in [7, 11) is 1.66. The fraction of sp³-hybridized carbons (Fsp3) is 0.462. The maximum absolute atomic E-state index is 12.1. The topological polar surface area (TPSA) is 88.1 Å². The van der Waals surface area contributed by atoms with Gasteiger partial charge in [-0.1, -0.05) is 12.1 Å². The molecule has 2 aromatic carbocycles. The molecule has 0 atom stereocenters. The summed E-state index contributed by atoms with van der Waals surface area (Å²) in [6.07, 6.45) is 3.04. The number of benzene rings is 2. The number of carboxylic acid groups (broad SMARTS) is 1. The molecule has 0 spiro atoms. The average Bonchev–Trinajstić information content (AvgIpc) is 3.22. The van der Waals surface area contributed by atoms with Crippen LogP contribution in [0, 0.1) is 6.92 Å². The van der Waals surface area contributed by atoms with E-state index in [1.54, 1.807) is 7.11 Å². The van der Waals surface area contributed by atoms with Crippen LogP contribution in [0.5, 0.6) is 5.75 Å². The Bertz CT molecular complexity index is 1030. The van der Waals surface area contributed by atoms with Gasteiger partial charge in [0.25, 0.3) is 0 Å². The van der Waals surface area contributed by atoms with Crippen LogP contribution in [0.15, 0.2) is 36.4 Å². The smallest absolute Gasteiger partial charge is 0.329 e. The van der Waals surface area contributed by atoms with Gasteiger partial charge in [0.1, 0.15) is 11.3 Å². The molecule has 2 aliphatic heterocycles. The van der Waals surface area contributed by atoms with E-state index in [0.29, 0.717) is 45.4 Å². The van der Waals surface area contributed by atoms with Crippen molar-refractivity contribution in [3.05, 3.63) is 47.5 Å². The number of nitrogens with zero attached hydrogens (tertiary/aromatic N) is 1. The van der Waals surface area contributed by atoms with Gasteiger partial charge in [-0.2, -0.15) is 0 Å². The molecule has 176 valence electrons. The van der Waals surface area contributed by atoms with E-state index in [1.807, 2.05) is 42.2 Å². The van der Waals surface area contributed by atoms with E-state index in [9.17, 15) is 14.7 Å². The molecule has 0 radical (unpaired) electrons. The molecule has 0 aliphatic carbocycles. The van der Waals surface area contributed by atoms with Crippen LogP contribution >= 0.6 is 0 Å². The number of carbonyl (C=O) groups is 2. The first-order chi connectivity index (χ1) is 15.9. The van der Waals surface area contributed by atoms with Crippen LogP contribution in [0.3, 0.4) is 0 Å². The number of carboxylic acids is 1. The molecule has 1 amide bonds. The van der Waals surface area contributed by atoms with Crippen LogP contribution in [0.4, 0.5) is 5.69 Å². The van der Waals surface area contributed by atoms with Crippen LogP contribution in [0.25, 0.3) is 11.1 Å². The molecule has 0 bridgehead atoms. The van der Waals surface area contributed by atoms with Gasteiger partial charge < -0.3 is 24.8 Å². The monoisotopic (exact) mass is 452 g/mol. The third-order valence-electron chi connectivity index (χ3n) is 6.66. The highest BCUT2D eigenvalue weighted by Gasteiger charge is 2.40. The Hall–Kier alpha value is -3.06. The highest BCUT2D eigenvalue weighted by molar-refractivity contribution is 5.83. The fourth-order valence-electron chi connectivity index (χ4n) is 4.77. The van der Waals surface area contributed by atoms with Gasteiger partial charge in [-0.25, -0.2) is 4.79 Å². The SMILES string of the molecule is COc1cc(C)cc(-c2ccc(NC3(C(=O)O)CCOCC3)cc2CCN2CCCC2=O)c1. The molecule has 7 heteroatoms. The van der Waals surface area contributed by atoms with Gasteiger partial charge >= 0.3 is 5.97 Å². The number of nitrogens with one attached hydrogen (secondary N) is 1. The van der Waals surface area contributed by atoms with Crippen molar-refractivity contribution in [3.63, 3.8) is 0 Å². The summed E-state index contributed by atoms with van der Waals surface area (Å²) < 4.78 is 10.9. The number of ether oxygens (including phenoxy) is 2. The zero-order valence-corrected chi connectivity index (χ0v) is 19.4. The molecule has 2 N–H and O–H groups in total. The lowest BCUT2D eigenvalue weighted by Crippen LogP contribution is -2.50. The van der Waals surface area contributed by atoms with Gasteiger partial charge in [-0.15, -0.1) is 0 Å². The lowest BCUT2D eigenvalue weighted by Gasteiger charge is -2.35. The van der Waals surface area contributed by atoms with Crippen LogP contribution in [-0.4, -0.2) is 60.8 Å². The number of aliphatic carboxylic acids is 1. The maximum Gasteiger partial charge on any atom is 0.329 e. The molecule has 0 aromatic heterocycles. The Morgan fingerprint density at radius 1 is 1.21 bits per heavy atom. The molecule has 7 nitrogen and oxygen atoms in total. The zero-order chi connectivity index (χ0) is 23.4. The minimum Gasteiger partial charge on any atom is -0.497 e. The zero-order valence-electron chi connectivity index (χ0n) is 19.4. The van der Waals surface area contributed by atoms with Gasteiger partial charge in [-0.3, -0.25) is 4.79 Å². The van der Waals surface area contributed by atoms with Crippen molar-refractivity contribution in [1.29, 1.82) is 0 Å². The molecule has 2 heterocycles. The minimum atomic E-state index is -1.03. The molecule has 4 rings (SSSR count). The molecule has 33 heavy (non-hydrogen) atoms. The number of aryl methyl sites for hydroxylation is 1. The predicted octanol–water partition coefficient (Wildman–Crippen LogP) is 3.88. The summed E-state index contributed by atoms with van der Waals surface area (Å²) in [6, 6.07) is 12.1. The van der Waals surface area contributed by atoms with Crippen molar-refractivity contribution < 1.29 is 24.2 Å². The van der Waals surface area contributed by atoms with E-state index in [4.69, 9.17) is 9.47 Å². The summed E-state index contributed by atoms with van der Waals surface area (Å²) >= 11 is 0. The van der Waals surface area contributed by atoms with Gasteiger partial charge in [-0.05, 0) is 66.3 Å². The largest absolute Gasteiger partial charge is 0.497 e. The quantitative estimate of drug-likeness (QED) is 0.632.